The largest absolute Gasteiger partial charge is 0.293 e. The smallest absolute Gasteiger partial charge is 0.0342 e. The van der Waals surface area contributed by atoms with E-state index in [1.165, 1.54) is 11.1 Å². The third kappa shape index (κ3) is 5.84. The van der Waals surface area contributed by atoms with Crippen molar-refractivity contribution in [3.63, 3.8) is 0 Å². The van der Waals surface area contributed by atoms with Crippen molar-refractivity contribution in [1.82, 2.24) is 0 Å². The molecule has 0 saturated carbocycles. The average molecular weight is 155 g/mol. The van der Waals surface area contributed by atoms with Crippen molar-refractivity contribution < 1.29 is 0 Å². The highest BCUT2D eigenvalue weighted by molar-refractivity contribution is 5.98. The lowest BCUT2D eigenvalue weighted by atomic mass is 10.1. The summed E-state index contributed by atoms with van der Waals surface area (Å²) in [6.07, 6.45) is 0. The lowest BCUT2D eigenvalue weighted by Crippen LogP contribution is -1.94. The first-order valence-corrected chi connectivity index (χ1v) is 4.17. The molecule has 0 aliphatic heterocycles. The van der Waals surface area contributed by atoms with Gasteiger partial charge < -0.3 is 0 Å². The van der Waals surface area contributed by atoms with Crippen molar-refractivity contribution in [2.75, 3.05) is 7.05 Å². The second kappa shape index (κ2) is 7.52. The Labute approximate surface area is 71.2 Å². The normalized spacial score (nSPS) is 9.91. The van der Waals surface area contributed by atoms with Gasteiger partial charge in [-0.25, -0.2) is 0 Å². The van der Waals surface area contributed by atoms with Crippen LogP contribution in [0.1, 0.15) is 41.5 Å². The minimum Gasteiger partial charge on any atom is -0.293 e. The molecular formula is C10H21N. The topological polar surface area (TPSA) is 12.4 Å². The number of hydrogen-bond donors (Lipinski definition) is 0. The lowest BCUT2D eigenvalue weighted by molar-refractivity contribution is 1.29. The van der Waals surface area contributed by atoms with Crippen LogP contribution in [0.3, 0.4) is 0 Å². The Hall–Kier alpha value is -0.590. The molecule has 0 aromatic rings. The number of aliphatic imine (C=N–C) groups is 1. The molecule has 0 N–H and O–H groups in total. The predicted molar refractivity (Wildman–Crippen MR) is 54.4 cm³/mol. The Balaban J connectivity index is 0. The maximum absolute atomic E-state index is 4.07. The Bertz CT molecular complexity index is 148. The van der Waals surface area contributed by atoms with Crippen LogP contribution >= 0.6 is 0 Å². The molecule has 0 aromatic heterocycles. The highest BCUT2D eigenvalue weighted by atomic mass is 14.7. The third-order valence-corrected chi connectivity index (χ3v) is 1.63. The molecule has 0 heterocycles. The summed E-state index contributed by atoms with van der Waals surface area (Å²) in [5.74, 6) is 0. The van der Waals surface area contributed by atoms with Crippen molar-refractivity contribution in [1.29, 1.82) is 0 Å². The monoisotopic (exact) mass is 155 g/mol. The van der Waals surface area contributed by atoms with Gasteiger partial charge in [0.2, 0.25) is 0 Å². The van der Waals surface area contributed by atoms with Gasteiger partial charge in [0.25, 0.3) is 0 Å². The van der Waals surface area contributed by atoms with Crippen molar-refractivity contribution in [2.24, 2.45) is 4.99 Å². The summed E-state index contributed by atoms with van der Waals surface area (Å²) in [6, 6.07) is 0. The summed E-state index contributed by atoms with van der Waals surface area (Å²) in [4.78, 5) is 4.07. The molecule has 0 aliphatic rings. The fourth-order valence-corrected chi connectivity index (χ4v) is 0.530. The Kier molecular flexibility index (Phi) is 8.91. The Morgan fingerprint density at radius 1 is 0.909 bits per heavy atom. The first-order chi connectivity index (χ1) is 5.09. The van der Waals surface area contributed by atoms with Gasteiger partial charge in [0.1, 0.15) is 0 Å². The number of nitrogens with zero attached hydrogens (tertiary/aromatic N) is 1. The first-order valence-electron chi connectivity index (χ1n) is 4.17. The summed E-state index contributed by atoms with van der Waals surface area (Å²) in [5, 5.41) is 0. The van der Waals surface area contributed by atoms with E-state index in [2.05, 4.69) is 25.8 Å². The van der Waals surface area contributed by atoms with Gasteiger partial charge in [-0.1, -0.05) is 19.4 Å². The second-order valence-electron chi connectivity index (χ2n) is 2.43. The third-order valence-electron chi connectivity index (χ3n) is 1.63. The van der Waals surface area contributed by atoms with Crippen LogP contribution in [-0.4, -0.2) is 12.8 Å². The quantitative estimate of drug-likeness (QED) is 0.514. The van der Waals surface area contributed by atoms with Gasteiger partial charge in [-0.15, -0.1) is 0 Å². The van der Waals surface area contributed by atoms with E-state index in [9.17, 15) is 0 Å². The van der Waals surface area contributed by atoms with E-state index < -0.39 is 0 Å². The molecule has 11 heavy (non-hydrogen) atoms. The fourth-order valence-electron chi connectivity index (χ4n) is 0.530. The van der Waals surface area contributed by atoms with Gasteiger partial charge in [-0.05, 0) is 33.3 Å². The molecule has 0 aromatic carbocycles. The van der Waals surface area contributed by atoms with Crippen LogP contribution in [0.25, 0.3) is 0 Å². The van der Waals surface area contributed by atoms with E-state index >= 15 is 0 Å². The van der Waals surface area contributed by atoms with E-state index in [1.54, 1.807) is 0 Å². The lowest BCUT2D eigenvalue weighted by Gasteiger charge is -2.00. The molecule has 0 rings (SSSR count). The summed E-state index contributed by atoms with van der Waals surface area (Å²) < 4.78 is 0. The van der Waals surface area contributed by atoms with Crippen LogP contribution in [0, 0.1) is 0 Å². The average Bonchev–Trinajstić information content (AvgIpc) is 2.05. The van der Waals surface area contributed by atoms with Crippen LogP contribution in [0.2, 0.25) is 0 Å². The summed E-state index contributed by atoms with van der Waals surface area (Å²) in [7, 11) is 1.82. The SMILES string of the molecule is CC.CN=C(C)C(C)=C(C)C. The molecule has 0 saturated heterocycles. The zero-order chi connectivity index (χ0) is 9.44. The number of allylic oxidation sites excluding steroid dienone is 2. The summed E-state index contributed by atoms with van der Waals surface area (Å²) in [6.45, 7) is 12.3. The molecule has 0 radical (unpaired) electrons. The van der Waals surface area contributed by atoms with E-state index in [0.717, 1.165) is 5.71 Å². The van der Waals surface area contributed by atoms with E-state index in [1.807, 2.05) is 27.8 Å². The minimum atomic E-state index is 1.13. The molecule has 0 amide bonds. The summed E-state index contributed by atoms with van der Waals surface area (Å²) >= 11 is 0. The molecule has 0 bridgehead atoms. The van der Waals surface area contributed by atoms with Crippen LogP contribution < -0.4 is 0 Å². The zero-order valence-electron chi connectivity index (χ0n) is 8.95. The van der Waals surface area contributed by atoms with Crippen LogP contribution in [0.4, 0.5) is 0 Å². The van der Waals surface area contributed by atoms with Gasteiger partial charge >= 0.3 is 0 Å². The van der Waals surface area contributed by atoms with Crippen molar-refractivity contribution in [3.8, 4) is 0 Å². The fraction of sp³-hybridized carbons (Fsp3) is 0.700. The van der Waals surface area contributed by atoms with Crippen LogP contribution in [-0.2, 0) is 0 Å². The second-order valence-corrected chi connectivity index (χ2v) is 2.43. The van der Waals surface area contributed by atoms with Gasteiger partial charge in [0.15, 0.2) is 0 Å². The maximum atomic E-state index is 4.07. The van der Waals surface area contributed by atoms with Gasteiger partial charge in [-0.2, -0.15) is 0 Å². The zero-order valence-corrected chi connectivity index (χ0v) is 8.95. The standard InChI is InChI=1S/C8H15N.C2H6/c1-6(2)7(3)8(4)9-5;1-2/h1-5H3;1-2H3. The Morgan fingerprint density at radius 3 is 1.36 bits per heavy atom. The molecule has 1 nitrogen and oxygen atoms in total. The van der Waals surface area contributed by atoms with Gasteiger partial charge in [0.05, 0.1) is 0 Å². The molecule has 0 fully saturated rings. The molecule has 1 heteroatoms. The van der Waals surface area contributed by atoms with Gasteiger partial charge in [0, 0.05) is 12.8 Å². The molecule has 0 unspecified atom stereocenters. The molecular weight excluding hydrogens is 134 g/mol. The molecule has 66 valence electrons. The highest BCUT2D eigenvalue weighted by Gasteiger charge is 1.93. The minimum absolute atomic E-state index is 1.13. The first kappa shape index (κ1) is 13.0. The van der Waals surface area contributed by atoms with Crippen molar-refractivity contribution >= 4 is 5.71 Å². The van der Waals surface area contributed by atoms with Crippen LogP contribution in [0.15, 0.2) is 16.1 Å². The predicted octanol–water partition coefficient (Wildman–Crippen LogP) is 3.46. The van der Waals surface area contributed by atoms with E-state index in [4.69, 9.17) is 0 Å². The molecule has 0 aliphatic carbocycles. The maximum Gasteiger partial charge on any atom is 0.0342 e. The highest BCUT2D eigenvalue weighted by Crippen LogP contribution is 2.03. The summed E-state index contributed by atoms with van der Waals surface area (Å²) in [5.41, 5.74) is 3.78. The van der Waals surface area contributed by atoms with Crippen molar-refractivity contribution in [2.45, 2.75) is 41.5 Å². The van der Waals surface area contributed by atoms with Gasteiger partial charge in [-0.3, -0.25) is 4.99 Å². The molecule has 0 spiro atoms. The van der Waals surface area contributed by atoms with Crippen LogP contribution in [0.5, 0.6) is 0 Å². The number of hydrogen-bond acceptors (Lipinski definition) is 1. The van der Waals surface area contributed by atoms with E-state index in [-0.39, 0.29) is 0 Å². The van der Waals surface area contributed by atoms with Crippen molar-refractivity contribution in [3.05, 3.63) is 11.1 Å². The molecule has 0 atom stereocenters. The Morgan fingerprint density at radius 2 is 1.27 bits per heavy atom. The number of rotatable bonds is 1. The van der Waals surface area contributed by atoms with E-state index in [0.29, 0.717) is 0 Å².